The fraction of sp³-hybridized carbons (Fsp3) is 0.158. The van der Waals surface area contributed by atoms with Gasteiger partial charge in [0.2, 0.25) is 0 Å². The maximum atomic E-state index is 13.5. The molecular weight excluding hydrogens is 446 g/mol. The number of hydrogen-bond donors (Lipinski definition) is 0. The highest BCUT2D eigenvalue weighted by atomic mass is 35.5. The lowest BCUT2D eigenvalue weighted by atomic mass is 10.1. The van der Waals surface area contributed by atoms with E-state index >= 15 is 0 Å². The second kappa shape index (κ2) is 8.74. The summed E-state index contributed by atoms with van der Waals surface area (Å²) in [6.45, 7) is 0. The topological polar surface area (TPSA) is 119 Å². The number of nitro groups is 1. The van der Waals surface area contributed by atoms with Gasteiger partial charge in [0.1, 0.15) is 17.0 Å². The van der Waals surface area contributed by atoms with Crippen LogP contribution in [-0.4, -0.2) is 56.0 Å². The average Bonchev–Trinajstić information content (AvgIpc) is 3.10. The number of halogens is 1. The number of methoxy groups -OCH3 is 1. The van der Waals surface area contributed by atoms with E-state index in [9.17, 15) is 18.5 Å². The van der Waals surface area contributed by atoms with Gasteiger partial charge in [-0.25, -0.2) is 12.4 Å². The first kappa shape index (κ1) is 22.2. The van der Waals surface area contributed by atoms with Crippen molar-refractivity contribution in [3.8, 4) is 5.75 Å². The van der Waals surface area contributed by atoms with Crippen LogP contribution in [0.25, 0.3) is 10.9 Å². The Morgan fingerprint density at radius 2 is 1.97 bits per heavy atom. The van der Waals surface area contributed by atoms with Crippen LogP contribution < -0.4 is 4.74 Å². The number of nitro benzene ring substituents is 1. The molecule has 1 aromatic heterocycles. The predicted molar refractivity (Wildman–Crippen MR) is 119 cm³/mol. The second-order valence-corrected chi connectivity index (χ2v) is 8.77. The molecule has 31 heavy (non-hydrogen) atoms. The van der Waals surface area contributed by atoms with Crippen LogP contribution in [0.1, 0.15) is 5.56 Å². The molecule has 0 fully saturated rings. The average molecular weight is 464 g/mol. The Labute approximate surface area is 183 Å². The summed E-state index contributed by atoms with van der Waals surface area (Å²) >= 11 is 6.01. The fourth-order valence-corrected chi connectivity index (χ4v) is 4.70. The van der Waals surface area contributed by atoms with Crippen molar-refractivity contribution in [2.75, 3.05) is 21.2 Å². The maximum absolute atomic E-state index is 13.5. The van der Waals surface area contributed by atoms with Crippen molar-refractivity contribution in [1.82, 2.24) is 8.87 Å². The van der Waals surface area contributed by atoms with E-state index in [4.69, 9.17) is 16.3 Å². The van der Waals surface area contributed by atoms with E-state index in [1.54, 1.807) is 19.0 Å². The molecule has 0 bridgehead atoms. The van der Waals surface area contributed by atoms with Crippen LogP contribution in [-0.2, 0) is 10.0 Å². The smallest absolute Gasteiger partial charge is 0.279 e. The summed E-state index contributed by atoms with van der Waals surface area (Å²) in [4.78, 5) is 12.5. The molecule has 0 aliphatic heterocycles. The molecule has 1 heterocycles. The summed E-state index contributed by atoms with van der Waals surface area (Å²) < 4.78 is 33.1. The van der Waals surface area contributed by atoms with Gasteiger partial charge in [-0.2, -0.15) is 5.10 Å². The second-order valence-electron chi connectivity index (χ2n) is 6.55. The summed E-state index contributed by atoms with van der Waals surface area (Å²) in [6.07, 6.45) is 3.94. The summed E-state index contributed by atoms with van der Waals surface area (Å²) in [5, 5.41) is 19.6. The Bertz CT molecular complexity index is 1310. The van der Waals surface area contributed by atoms with Gasteiger partial charge in [0.25, 0.3) is 15.7 Å². The molecule has 10 nitrogen and oxygen atoms in total. The van der Waals surface area contributed by atoms with Crippen molar-refractivity contribution in [1.29, 1.82) is 0 Å². The highest BCUT2D eigenvalue weighted by Crippen LogP contribution is 2.35. The van der Waals surface area contributed by atoms with Crippen molar-refractivity contribution in [3.63, 3.8) is 0 Å². The van der Waals surface area contributed by atoms with E-state index in [1.165, 1.54) is 62.3 Å². The molecule has 0 saturated heterocycles. The molecule has 0 amide bonds. The van der Waals surface area contributed by atoms with Crippen molar-refractivity contribution in [2.45, 2.75) is 4.90 Å². The minimum absolute atomic E-state index is 0.0856. The van der Waals surface area contributed by atoms with E-state index < -0.39 is 14.9 Å². The van der Waals surface area contributed by atoms with Crippen molar-refractivity contribution >= 4 is 50.8 Å². The normalized spacial score (nSPS) is 12.1. The lowest BCUT2D eigenvalue weighted by Crippen LogP contribution is -2.13. The first-order chi connectivity index (χ1) is 14.7. The molecule has 3 rings (SSSR count). The van der Waals surface area contributed by atoms with Gasteiger partial charge in [-0.3, -0.25) is 10.1 Å². The molecule has 0 unspecified atom stereocenters. The number of rotatable bonds is 7. The zero-order chi connectivity index (χ0) is 22.8. The largest absolute Gasteiger partial charge is 0.495 e. The zero-order valence-electron chi connectivity index (χ0n) is 16.8. The van der Waals surface area contributed by atoms with Crippen molar-refractivity contribution < 1.29 is 18.1 Å². The van der Waals surface area contributed by atoms with Crippen molar-refractivity contribution in [2.24, 2.45) is 10.2 Å². The van der Waals surface area contributed by atoms with Gasteiger partial charge >= 0.3 is 0 Å². The van der Waals surface area contributed by atoms with E-state index in [2.05, 4.69) is 10.2 Å². The Morgan fingerprint density at radius 1 is 1.23 bits per heavy atom. The van der Waals surface area contributed by atoms with Gasteiger partial charge < -0.3 is 9.64 Å². The Morgan fingerprint density at radius 3 is 2.61 bits per heavy atom. The standard InChI is InChI=1S/C19H18ClN5O5S/c1-23(2)12-22-21-10-13-11-24(15-5-4-6-16(19(13)15)25(26)27)31(28,29)18-9-14(20)7-8-17(18)30-3/h4-12H,1-3H3/b21-10+,22-12+. The third-order valence-corrected chi connectivity index (χ3v) is 6.14. The Kier molecular flexibility index (Phi) is 6.27. The summed E-state index contributed by atoms with van der Waals surface area (Å²) in [5.74, 6) is 0.0856. The first-order valence-electron chi connectivity index (χ1n) is 8.77. The highest BCUT2D eigenvalue weighted by Gasteiger charge is 2.28. The molecule has 0 aliphatic rings. The van der Waals surface area contributed by atoms with Gasteiger partial charge in [-0.1, -0.05) is 17.7 Å². The van der Waals surface area contributed by atoms with Gasteiger partial charge in [0.15, 0.2) is 0 Å². The predicted octanol–water partition coefficient (Wildman–Crippen LogP) is 3.37. The molecule has 0 saturated carbocycles. The van der Waals surface area contributed by atoms with Crippen LogP contribution in [0.15, 0.2) is 57.7 Å². The number of non-ortho nitro benzene ring substituents is 1. The number of benzene rings is 2. The monoisotopic (exact) mass is 463 g/mol. The van der Waals surface area contributed by atoms with E-state index in [0.29, 0.717) is 0 Å². The maximum Gasteiger partial charge on any atom is 0.279 e. The van der Waals surface area contributed by atoms with E-state index in [1.807, 2.05) is 0 Å². The summed E-state index contributed by atoms with van der Waals surface area (Å²) in [7, 11) is 0.616. The molecule has 0 N–H and O–H groups in total. The van der Waals surface area contributed by atoms with Crippen LogP contribution in [0.5, 0.6) is 5.75 Å². The number of nitrogens with zero attached hydrogens (tertiary/aromatic N) is 5. The lowest BCUT2D eigenvalue weighted by Gasteiger charge is -2.11. The third-order valence-electron chi connectivity index (χ3n) is 4.21. The van der Waals surface area contributed by atoms with Crippen LogP contribution >= 0.6 is 11.6 Å². The van der Waals surface area contributed by atoms with Crippen LogP contribution in [0.2, 0.25) is 5.02 Å². The number of ether oxygens (including phenoxy) is 1. The molecule has 12 heteroatoms. The molecule has 0 atom stereocenters. The Balaban J connectivity index is 2.30. The number of aromatic nitrogens is 1. The summed E-state index contributed by atoms with van der Waals surface area (Å²) in [6, 6.07) is 8.36. The van der Waals surface area contributed by atoms with Crippen LogP contribution in [0, 0.1) is 10.1 Å². The van der Waals surface area contributed by atoms with Crippen molar-refractivity contribution in [3.05, 3.63) is 63.3 Å². The van der Waals surface area contributed by atoms with Crippen LogP contribution in [0.3, 0.4) is 0 Å². The van der Waals surface area contributed by atoms with Gasteiger partial charge in [0.05, 0.1) is 29.2 Å². The first-order valence-corrected chi connectivity index (χ1v) is 10.6. The fourth-order valence-electron chi connectivity index (χ4n) is 2.90. The number of hydrogen-bond acceptors (Lipinski definition) is 7. The molecular formula is C19H18ClN5O5S. The third kappa shape index (κ3) is 4.37. The lowest BCUT2D eigenvalue weighted by molar-refractivity contribution is -0.383. The quantitative estimate of drug-likeness (QED) is 0.229. The Hall–Kier alpha value is -3.44. The molecule has 0 spiro atoms. The van der Waals surface area contributed by atoms with E-state index in [-0.39, 0.29) is 37.8 Å². The van der Waals surface area contributed by atoms with Crippen LogP contribution in [0.4, 0.5) is 5.69 Å². The van der Waals surface area contributed by atoms with Gasteiger partial charge in [-0.15, -0.1) is 5.10 Å². The summed E-state index contributed by atoms with van der Waals surface area (Å²) in [5.41, 5.74) is 0.0552. The molecule has 3 aromatic rings. The molecule has 0 radical (unpaired) electrons. The van der Waals surface area contributed by atoms with E-state index in [0.717, 1.165) is 3.97 Å². The molecule has 0 aliphatic carbocycles. The SMILES string of the molecule is COc1ccc(Cl)cc1S(=O)(=O)n1cc(/C=N/N=C/N(C)C)c2c([N+](=O)[O-])cccc21. The van der Waals surface area contributed by atoms with Gasteiger partial charge in [-0.05, 0) is 24.3 Å². The van der Waals surface area contributed by atoms with Gasteiger partial charge in [0, 0.05) is 36.9 Å². The number of fused-ring (bicyclic) bond motifs is 1. The zero-order valence-corrected chi connectivity index (χ0v) is 18.3. The highest BCUT2D eigenvalue weighted by molar-refractivity contribution is 7.90. The minimum Gasteiger partial charge on any atom is -0.495 e. The minimum atomic E-state index is -4.22. The molecule has 162 valence electrons. The molecule has 2 aromatic carbocycles.